The highest BCUT2D eigenvalue weighted by molar-refractivity contribution is 6.06. The van der Waals surface area contributed by atoms with E-state index in [2.05, 4.69) is 41.2 Å². The number of benzene rings is 2. The Bertz CT molecular complexity index is 905. The number of pyridine rings is 1. The molecule has 1 N–H and O–H groups in total. The van der Waals surface area contributed by atoms with Crippen LogP contribution in [0.1, 0.15) is 24.2 Å². The van der Waals surface area contributed by atoms with Gasteiger partial charge in [-0.1, -0.05) is 18.2 Å². The molecule has 1 amide bonds. The van der Waals surface area contributed by atoms with Gasteiger partial charge in [-0.3, -0.25) is 4.79 Å². The Balaban J connectivity index is 1.74. The summed E-state index contributed by atoms with van der Waals surface area (Å²) in [7, 11) is 1.77. The summed E-state index contributed by atoms with van der Waals surface area (Å²) in [5, 5.41) is 3.28. The molecular formula is C23H26N4O. The lowest BCUT2D eigenvalue weighted by Gasteiger charge is -2.21. The predicted molar refractivity (Wildman–Crippen MR) is 117 cm³/mol. The Labute approximate surface area is 166 Å². The van der Waals surface area contributed by atoms with Crippen molar-refractivity contribution in [3.05, 3.63) is 78.5 Å². The zero-order valence-corrected chi connectivity index (χ0v) is 16.6. The van der Waals surface area contributed by atoms with Crippen molar-refractivity contribution in [1.82, 2.24) is 4.98 Å². The van der Waals surface area contributed by atoms with Gasteiger partial charge in [-0.25, -0.2) is 4.98 Å². The van der Waals surface area contributed by atoms with Crippen LogP contribution < -0.4 is 15.1 Å². The maximum absolute atomic E-state index is 12.8. The molecule has 3 rings (SSSR count). The van der Waals surface area contributed by atoms with Crippen molar-refractivity contribution in [1.29, 1.82) is 0 Å². The van der Waals surface area contributed by atoms with Gasteiger partial charge in [0, 0.05) is 49.0 Å². The highest BCUT2D eigenvalue weighted by Gasteiger charge is 2.14. The van der Waals surface area contributed by atoms with E-state index in [0.29, 0.717) is 11.4 Å². The van der Waals surface area contributed by atoms with Gasteiger partial charge < -0.3 is 15.1 Å². The number of aromatic nitrogens is 1. The molecule has 0 saturated heterocycles. The zero-order valence-electron chi connectivity index (χ0n) is 16.6. The van der Waals surface area contributed by atoms with Crippen LogP contribution in [-0.4, -0.2) is 31.0 Å². The first-order chi connectivity index (χ1) is 13.6. The summed E-state index contributed by atoms with van der Waals surface area (Å²) >= 11 is 0. The van der Waals surface area contributed by atoms with Gasteiger partial charge >= 0.3 is 0 Å². The lowest BCUT2D eigenvalue weighted by atomic mass is 10.2. The standard InChI is InChI=1S/C23H26N4O/c1-4-27(5-2)21-13-11-19(12-14-21)25-22-17-18(15-16-24-22)23(28)26(3)20-9-7-6-8-10-20/h6-17H,4-5H2,1-3H3,(H,24,25). The van der Waals surface area contributed by atoms with Crippen LogP contribution in [0.5, 0.6) is 0 Å². The van der Waals surface area contributed by atoms with Gasteiger partial charge in [0.1, 0.15) is 5.82 Å². The zero-order chi connectivity index (χ0) is 19.9. The van der Waals surface area contributed by atoms with E-state index in [4.69, 9.17) is 0 Å². The summed E-state index contributed by atoms with van der Waals surface area (Å²) in [6, 6.07) is 21.3. The molecular weight excluding hydrogens is 348 g/mol. The first kappa shape index (κ1) is 19.4. The molecule has 144 valence electrons. The van der Waals surface area contributed by atoms with Crippen molar-refractivity contribution in [3.8, 4) is 0 Å². The molecule has 2 aromatic carbocycles. The molecule has 1 aromatic heterocycles. The van der Waals surface area contributed by atoms with Crippen LogP contribution in [0.3, 0.4) is 0 Å². The van der Waals surface area contributed by atoms with E-state index in [1.807, 2.05) is 42.5 Å². The first-order valence-electron chi connectivity index (χ1n) is 9.53. The van der Waals surface area contributed by atoms with Crippen LogP contribution in [0.25, 0.3) is 0 Å². The molecule has 0 atom stereocenters. The van der Waals surface area contributed by atoms with Gasteiger partial charge in [-0.2, -0.15) is 0 Å². The van der Waals surface area contributed by atoms with Crippen molar-refractivity contribution in [2.24, 2.45) is 0 Å². The molecule has 0 aliphatic carbocycles. The fraction of sp³-hybridized carbons (Fsp3) is 0.217. The van der Waals surface area contributed by atoms with Crippen LogP contribution in [0.2, 0.25) is 0 Å². The molecule has 3 aromatic rings. The van der Waals surface area contributed by atoms with Crippen molar-refractivity contribution in [2.75, 3.05) is 35.3 Å². The molecule has 5 nitrogen and oxygen atoms in total. The Kier molecular flexibility index (Phi) is 6.27. The average Bonchev–Trinajstić information content (AvgIpc) is 2.75. The van der Waals surface area contributed by atoms with E-state index < -0.39 is 0 Å². The minimum Gasteiger partial charge on any atom is -0.372 e. The molecule has 0 saturated carbocycles. The number of carbonyl (C=O) groups excluding carboxylic acids is 1. The molecule has 0 unspecified atom stereocenters. The van der Waals surface area contributed by atoms with Crippen LogP contribution >= 0.6 is 0 Å². The third-order valence-electron chi connectivity index (χ3n) is 4.72. The number of nitrogens with one attached hydrogen (secondary N) is 1. The number of hydrogen-bond donors (Lipinski definition) is 1. The van der Waals surface area contributed by atoms with Gasteiger partial charge in [-0.05, 0) is 62.4 Å². The minimum absolute atomic E-state index is 0.0754. The monoisotopic (exact) mass is 374 g/mol. The summed E-state index contributed by atoms with van der Waals surface area (Å²) in [6.07, 6.45) is 1.65. The lowest BCUT2D eigenvalue weighted by Crippen LogP contribution is -2.26. The quantitative estimate of drug-likeness (QED) is 0.636. The van der Waals surface area contributed by atoms with E-state index in [0.717, 1.165) is 24.5 Å². The SMILES string of the molecule is CCN(CC)c1ccc(Nc2cc(C(=O)N(C)c3ccccc3)ccn2)cc1. The molecule has 1 heterocycles. The largest absolute Gasteiger partial charge is 0.372 e. The molecule has 0 aliphatic heterocycles. The number of anilines is 4. The number of hydrogen-bond acceptors (Lipinski definition) is 4. The summed E-state index contributed by atoms with van der Waals surface area (Å²) in [5.41, 5.74) is 3.57. The Morgan fingerprint density at radius 3 is 2.25 bits per heavy atom. The number of carbonyl (C=O) groups is 1. The van der Waals surface area contributed by atoms with Gasteiger partial charge in [0.15, 0.2) is 0 Å². The highest BCUT2D eigenvalue weighted by atomic mass is 16.2. The second-order valence-corrected chi connectivity index (χ2v) is 6.47. The molecule has 0 spiro atoms. The van der Waals surface area contributed by atoms with E-state index in [1.165, 1.54) is 5.69 Å². The molecule has 0 aliphatic rings. The van der Waals surface area contributed by atoms with Crippen LogP contribution in [0.15, 0.2) is 72.9 Å². The summed E-state index contributed by atoms with van der Waals surface area (Å²) in [4.78, 5) is 21.1. The fourth-order valence-electron chi connectivity index (χ4n) is 3.09. The second kappa shape index (κ2) is 9.04. The first-order valence-corrected chi connectivity index (χ1v) is 9.53. The third kappa shape index (κ3) is 4.49. The summed E-state index contributed by atoms with van der Waals surface area (Å²) in [6.45, 7) is 6.25. The Hall–Kier alpha value is -3.34. The summed E-state index contributed by atoms with van der Waals surface area (Å²) in [5.74, 6) is 0.566. The highest BCUT2D eigenvalue weighted by Crippen LogP contribution is 2.21. The van der Waals surface area contributed by atoms with Gasteiger partial charge in [0.25, 0.3) is 5.91 Å². The van der Waals surface area contributed by atoms with Crippen molar-refractivity contribution < 1.29 is 4.79 Å². The molecule has 28 heavy (non-hydrogen) atoms. The Morgan fingerprint density at radius 2 is 1.61 bits per heavy atom. The molecule has 0 bridgehead atoms. The Morgan fingerprint density at radius 1 is 0.929 bits per heavy atom. The molecule has 5 heteroatoms. The molecule has 0 radical (unpaired) electrons. The van der Waals surface area contributed by atoms with Crippen LogP contribution in [-0.2, 0) is 0 Å². The maximum atomic E-state index is 12.8. The lowest BCUT2D eigenvalue weighted by molar-refractivity contribution is 0.0993. The number of para-hydroxylation sites is 1. The summed E-state index contributed by atoms with van der Waals surface area (Å²) < 4.78 is 0. The average molecular weight is 374 g/mol. The van der Waals surface area contributed by atoms with Gasteiger partial charge in [-0.15, -0.1) is 0 Å². The number of amides is 1. The van der Waals surface area contributed by atoms with Gasteiger partial charge in [0.05, 0.1) is 0 Å². The van der Waals surface area contributed by atoms with E-state index >= 15 is 0 Å². The van der Waals surface area contributed by atoms with E-state index in [1.54, 1.807) is 30.3 Å². The molecule has 0 fully saturated rings. The van der Waals surface area contributed by atoms with Crippen LogP contribution in [0, 0.1) is 0 Å². The number of nitrogens with zero attached hydrogens (tertiary/aromatic N) is 3. The minimum atomic E-state index is -0.0754. The van der Waals surface area contributed by atoms with Crippen molar-refractivity contribution >= 4 is 28.8 Å². The maximum Gasteiger partial charge on any atom is 0.258 e. The van der Waals surface area contributed by atoms with Gasteiger partial charge in [0.2, 0.25) is 0 Å². The van der Waals surface area contributed by atoms with E-state index in [9.17, 15) is 4.79 Å². The van der Waals surface area contributed by atoms with Crippen molar-refractivity contribution in [2.45, 2.75) is 13.8 Å². The fourth-order valence-corrected chi connectivity index (χ4v) is 3.09. The van der Waals surface area contributed by atoms with Crippen molar-refractivity contribution in [3.63, 3.8) is 0 Å². The van der Waals surface area contributed by atoms with E-state index in [-0.39, 0.29) is 5.91 Å². The second-order valence-electron chi connectivity index (χ2n) is 6.47. The predicted octanol–water partition coefficient (Wildman–Crippen LogP) is 4.95. The topological polar surface area (TPSA) is 48.5 Å². The smallest absolute Gasteiger partial charge is 0.258 e. The normalized spacial score (nSPS) is 10.4. The third-order valence-corrected chi connectivity index (χ3v) is 4.72. The number of rotatable bonds is 7. The van der Waals surface area contributed by atoms with Crippen LogP contribution in [0.4, 0.5) is 22.9 Å².